The van der Waals surface area contributed by atoms with Gasteiger partial charge >= 0.3 is 7.82 Å². The summed E-state index contributed by atoms with van der Waals surface area (Å²) >= 11 is 0. The van der Waals surface area contributed by atoms with Gasteiger partial charge in [0, 0.05) is 0 Å². The Hall–Kier alpha value is -5.35. The number of unbranched alkanes of at least 4 members (excludes halogenated alkanes) is 9. The Morgan fingerprint density at radius 2 is 0.439 bits per heavy atom. The summed E-state index contributed by atoms with van der Waals surface area (Å²) in [6.07, 6.45) is 13.5. The van der Waals surface area contributed by atoms with Gasteiger partial charge in [0.25, 0.3) is 0 Å². The van der Waals surface area contributed by atoms with Crippen LogP contribution in [0.1, 0.15) is 342 Å². The van der Waals surface area contributed by atoms with Crippen LogP contribution in [0.15, 0.2) is 146 Å². The maximum absolute atomic E-state index is 20.5. The molecule has 6 rings (SSSR count). The second kappa shape index (κ2) is 31.9. The van der Waals surface area contributed by atoms with Crippen molar-refractivity contribution in [2.75, 3.05) is 0 Å². The van der Waals surface area contributed by atoms with Crippen LogP contribution in [0, 0.1) is 41.5 Å². The van der Waals surface area contributed by atoms with Crippen LogP contribution < -0.4 is 0 Å². The van der Waals surface area contributed by atoms with Crippen molar-refractivity contribution in [1.29, 1.82) is 0 Å². The van der Waals surface area contributed by atoms with Crippen molar-refractivity contribution >= 4 is 7.82 Å². The molecule has 0 bridgehead atoms. The van der Waals surface area contributed by atoms with Crippen molar-refractivity contribution in [2.45, 2.75) is 333 Å². The van der Waals surface area contributed by atoms with Gasteiger partial charge in [0.2, 0.25) is 0 Å². The Bertz CT molecular complexity index is 3220. The van der Waals surface area contributed by atoms with Crippen LogP contribution in [0.4, 0.5) is 0 Å². The summed E-state index contributed by atoms with van der Waals surface area (Å²) in [5.74, 6) is 0. The first kappa shape index (κ1) is 81.6. The standard InChI is InChI=1S/C93H135O4P/c1-31-34-37-40-43-70(10)91(73-52-46-64(4)58-79(73)85(13,14)15,74-53-47-65(5)59-80(74)86(16,17)18)95-98(94,96-92(71(11)44-41-38-35-32-2,75-54-48-66(6)60-81(75)87(19,20)21)76-55-49-67(7)61-82(76)88(22,23)24)97-93(72(12)45-42-39-36-33-3,77-56-50-68(8)62-83(77)89(25,26)27)78-57-51-69(9)63-84(78)90(28,29)30/h46-63H,10-12,31-45H2,1-9,13-30H3. The molecule has 0 fully saturated rings. The average molecular weight is 1350 g/mol. The molecule has 536 valence electrons. The first-order valence-electron chi connectivity index (χ1n) is 37.8. The van der Waals surface area contributed by atoms with Gasteiger partial charge in [-0.1, -0.05) is 365 Å². The van der Waals surface area contributed by atoms with Crippen LogP contribution in [0.5, 0.6) is 0 Å². The molecule has 0 aromatic heterocycles. The number of hydrogen-bond acceptors (Lipinski definition) is 4. The second-order valence-corrected chi connectivity index (χ2v) is 37.2. The maximum atomic E-state index is 20.5. The monoisotopic (exact) mass is 1350 g/mol. The summed E-state index contributed by atoms with van der Waals surface area (Å²) in [5.41, 5.74) is 12.5. The van der Waals surface area contributed by atoms with E-state index >= 15 is 4.57 Å². The van der Waals surface area contributed by atoms with E-state index in [1.807, 2.05) is 0 Å². The van der Waals surface area contributed by atoms with Crippen molar-refractivity contribution in [3.8, 4) is 0 Å². The largest absolute Gasteiger partial charge is 0.479 e. The predicted octanol–water partition coefficient (Wildman–Crippen LogP) is 28.2. The summed E-state index contributed by atoms with van der Waals surface area (Å²) < 4.78 is 47.5. The van der Waals surface area contributed by atoms with Crippen LogP contribution in [0.25, 0.3) is 0 Å². The lowest BCUT2D eigenvalue weighted by Crippen LogP contribution is -2.44. The van der Waals surface area contributed by atoms with Crippen molar-refractivity contribution in [3.05, 3.63) is 246 Å². The van der Waals surface area contributed by atoms with E-state index in [2.05, 4.69) is 296 Å². The summed E-state index contributed by atoms with van der Waals surface area (Å²) in [7, 11) is -5.56. The number of phosphoric ester groups is 1. The normalized spacial score (nSPS) is 13.3. The second-order valence-electron chi connectivity index (χ2n) is 35.8. The highest BCUT2D eigenvalue weighted by Crippen LogP contribution is 2.71. The van der Waals surface area contributed by atoms with Crippen LogP contribution >= 0.6 is 7.82 Å². The van der Waals surface area contributed by atoms with E-state index in [9.17, 15) is 0 Å². The highest BCUT2D eigenvalue weighted by molar-refractivity contribution is 7.48. The fourth-order valence-corrected chi connectivity index (χ4v) is 17.1. The molecule has 5 heteroatoms. The molecule has 0 unspecified atom stereocenters. The first-order valence-corrected chi connectivity index (χ1v) is 39.2. The fourth-order valence-electron chi connectivity index (χ4n) is 15.0. The van der Waals surface area contributed by atoms with Gasteiger partial charge in [0.05, 0.1) is 0 Å². The third kappa shape index (κ3) is 18.5. The van der Waals surface area contributed by atoms with Crippen molar-refractivity contribution in [1.82, 2.24) is 0 Å². The molecule has 98 heavy (non-hydrogen) atoms. The molecule has 0 aliphatic rings. The highest BCUT2D eigenvalue weighted by Gasteiger charge is 2.60. The van der Waals surface area contributed by atoms with Gasteiger partial charge in [-0.05, 0) is 196 Å². The fraction of sp³-hybridized carbons (Fsp3) is 0.548. The van der Waals surface area contributed by atoms with Crippen molar-refractivity contribution in [3.63, 3.8) is 0 Å². The van der Waals surface area contributed by atoms with Gasteiger partial charge in [-0.15, -0.1) is 0 Å². The molecule has 0 radical (unpaired) electrons. The molecule has 0 atom stereocenters. The Balaban J connectivity index is 2.17. The van der Waals surface area contributed by atoms with E-state index in [1.165, 1.54) is 0 Å². The van der Waals surface area contributed by atoms with E-state index in [0.717, 1.165) is 194 Å². The van der Waals surface area contributed by atoms with Gasteiger partial charge in [-0.3, -0.25) is 13.6 Å². The van der Waals surface area contributed by atoms with Crippen LogP contribution in [-0.4, -0.2) is 0 Å². The zero-order valence-corrected chi connectivity index (χ0v) is 68.1. The molecule has 0 spiro atoms. The van der Waals surface area contributed by atoms with Crippen LogP contribution in [0.3, 0.4) is 0 Å². The Kier molecular flexibility index (Phi) is 26.6. The van der Waals surface area contributed by atoms with Gasteiger partial charge in [0.1, 0.15) is 0 Å². The molecule has 4 nitrogen and oxygen atoms in total. The minimum absolute atomic E-state index is 0.468. The smallest absolute Gasteiger partial charge is 0.266 e. The molecule has 0 aliphatic heterocycles. The molecule has 0 N–H and O–H groups in total. The molecule has 6 aromatic rings. The van der Waals surface area contributed by atoms with E-state index in [-0.39, 0.29) is 0 Å². The molecule has 0 amide bonds. The molecular weight excluding hydrogens is 1210 g/mol. The predicted molar refractivity (Wildman–Crippen MR) is 426 cm³/mol. The number of hydrogen-bond donors (Lipinski definition) is 0. The highest BCUT2D eigenvalue weighted by atomic mass is 31.2. The molecule has 6 aromatic carbocycles. The van der Waals surface area contributed by atoms with Crippen LogP contribution in [-0.2, 0) is 67.4 Å². The van der Waals surface area contributed by atoms with E-state index in [1.54, 1.807) is 0 Å². The zero-order valence-electron chi connectivity index (χ0n) is 67.2. The topological polar surface area (TPSA) is 44.8 Å². The van der Waals surface area contributed by atoms with Crippen molar-refractivity contribution in [2.24, 2.45) is 0 Å². The average Bonchev–Trinajstić information content (AvgIpc) is 0.415. The van der Waals surface area contributed by atoms with Crippen molar-refractivity contribution < 1.29 is 18.1 Å². The lowest BCUT2D eigenvalue weighted by molar-refractivity contribution is -0.0196. The van der Waals surface area contributed by atoms with Gasteiger partial charge in [-0.2, -0.15) is 0 Å². The minimum Gasteiger partial charge on any atom is -0.266 e. The molecule has 0 aliphatic carbocycles. The van der Waals surface area contributed by atoms with Gasteiger partial charge < -0.3 is 0 Å². The van der Waals surface area contributed by atoms with Gasteiger partial charge in [0.15, 0.2) is 16.8 Å². The zero-order chi connectivity index (χ0) is 73.6. The lowest BCUT2D eigenvalue weighted by atomic mass is 9.68. The number of phosphoric acid groups is 1. The third-order valence-corrected chi connectivity index (χ3v) is 21.9. The van der Waals surface area contributed by atoms with E-state index < -0.39 is 57.1 Å². The molecule has 0 saturated heterocycles. The summed E-state index contributed by atoms with van der Waals surface area (Å²) in [6, 6.07) is 40.8. The van der Waals surface area contributed by atoms with E-state index in [0.29, 0.717) is 19.3 Å². The number of aryl methyl sites for hydroxylation is 6. The molecule has 0 saturated carbocycles. The Morgan fingerprint density at radius 3 is 0.582 bits per heavy atom. The molecular formula is C93H135O4P. The lowest BCUT2D eigenvalue weighted by Gasteiger charge is -2.50. The molecule has 0 heterocycles. The quantitative estimate of drug-likeness (QED) is 0.0256. The SMILES string of the molecule is C=C(CCCCCC)C(OP(=O)(OC(C(=C)CCCCCC)(c1ccc(C)cc1C(C)(C)C)c1ccc(C)cc1C(C)(C)C)OC(C(=C)CCCCCC)(c1ccc(C)cc1C(C)(C)C)c1ccc(C)cc1C(C)(C)C)(c1ccc(C)cc1C(C)(C)C)c1ccc(C)cc1C(C)(C)C. The van der Waals surface area contributed by atoms with Crippen LogP contribution in [0.2, 0.25) is 0 Å². The first-order chi connectivity index (χ1) is 45.3. The Labute approximate surface area is 600 Å². The maximum Gasteiger partial charge on any atom is 0.479 e. The Morgan fingerprint density at radius 1 is 0.276 bits per heavy atom. The number of rotatable bonds is 30. The summed E-state index contributed by atoms with van der Waals surface area (Å²) in [6.45, 7) is 77.3. The summed E-state index contributed by atoms with van der Waals surface area (Å²) in [4.78, 5) is 0. The van der Waals surface area contributed by atoms with Gasteiger partial charge in [-0.25, -0.2) is 4.57 Å². The number of benzene rings is 6. The summed E-state index contributed by atoms with van der Waals surface area (Å²) in [5, 5.41) is 0. The van der Waals surface area contributed by atoms with E-state index in [4.69, 9.17) is 33.3 Å². The third-order valence-electron chi connectivity index (χ3n) is 20.4. The minimum atomic E-state index is -5.56.